The number of carbonyl (C=O) groups is 2. The van der Waals surface area contributed by atoms with E-state index in [4.69, 9.17) is 18.9 Å². The van der Waals surface area contributed by atoms with Crippen LogP contribution in [0.3, 0.4) is 0 Å². The number of benzene rings is 2. The molecule has 0 aliphatic carbocycles. The van der Waals surface area contributed by atoms with Gasteiger partial charge in [-0.05, 0) is 29.8 Å². The van der Waals surface area contributed by atoms with Crippen LogP contribution in [0.15, 0.2) is 48.5 Å². The van der Waals surface area contributed by atoms with Crippen LogP contribution in [0.25, 0.3) is 6.08 Å². The molecule has 0 radical (unpaired) electrons. The van der Waals surface area contributed by atoms with E-state index < -0.39 is 12.3 Å². The molecule has 2 aromatic carbocycles. The van der Waals surface area contributed by atoms with Crippen LogP contribution >= 0.6 is 0 Å². The van der Waals surface area contributed by atoms with Gasteiger partial charge in [-0.2, -0.15) is 0 Å². The molecular formula is C25H23NO6. The lowest BCUT2D eigenvalue weighted by molar-refractivity contribution is -0.163. The highest BCUT2D eigenvalue weighted by Crippen LogP contribution is 2.51. The van der Waals surface area contributed by atoms with Crippen LogP contribution in [0.2, 0.25) is 0 Å². The molecule has 2 bridgehead atoms. The summed E-state index contributed by atoms with van der Waals surface area (Å²) in [5.41, 5.74) is 2.49. The van der Waals surface area contributed by atoms with E-state index >= 15 is 0 Å². The minimum Gasteiger partial charge on any atom is -0.493 e. The Morgan fingerprint density at radius 1 is 1.09 bits per heavy atom. The molecule has 6 rings (SSSR count). The SMILES string of the molecule is COc1ccc(C(=O)C2[C@@H]3C4CO[C@@H](O4)C(=O)[C@@H]3[C@H]3C=Cc4ccccc4N23)cc1OC. The van der Waals surface area contributed by atoms with Gasteiger partial charge in [0.1, 0.15) is 0 Å². The number of methoxy groups -OCH3 is 2. The van der Waals surface area contributed by atoms with Gasteiger partial charge in [0, 0.05) is 17.2 Å². The van der Waals surface area contributed by atoms with E-state index in [9.17, 15) is 9.59 Å². The Morgan fingerprint density at radius 3 is 2.72 bits per heavy atom. The van der Waals surface area contributed by atoms with E-state index in [2.05, 4.69) is 4.90 Å². The maximum atomic E-state index is 14.0. The van der Waals surface area contributed by atoms with Crippen molar-refractivity contribution in [2.45, 2.75) is 24.5 Å². The number of hydrogen-bond acceptors (Lipinski definition) is 7. The van der Waals surface area contributed by atoms with Crippen molar-refractivity contribution in [3.63, 3.8) is 0 Å². The summed E-state index contributed by atoms with van der Waals surface area (Å²) in [6.07, 6.45) is 2.96. The van der Waals surface area contributed by atoms with E-state index in [0.29, 0.717) is 23.7 Å². The van der Waals surface area contributed by atoms with Crippen LogP contribution in [0.5, 0.6) is 11.5 Å². The van der Waals surface area contributed by atoms with Crippen LogP contribution in [0, 0.1) is 11.8 Å². The number of anilines is 1. The summed E-state index contributed by atoms with van der Waals surface area (Å²) >= 11 is 0. The Kier molecular flexibility index (Phi) is 4.38. The lowest BCUT2D eigenvalue weighted by atomic mass is 9.77. The first-order valence-electron chi connectivity index (χ1n) is 10.7. The molecule has 7 nitrogen and oxygen atoms in total. The Balaban J connectivity index is 1.49. The van der Waals surface area contributed by atoms with Gasteiger partial charge in [-0.25, -0.2) is 0 Å². The molecule has 6 atom stereocenters. The third-order valence-corrected chi connectivity index (χ3v) is 7.09. The Hall–Kier alpha value is -3.16. The molecule has 164 valence electrons. The molecule has 4 aliphatic rings. The zero-order valence-electron chi connectivity index (χ0n) is 17.8. The van der Waals surface area contributed by atoms with Gasteiger partial charge >= 0.3 is 0 Å². The first kappa shape index (κ1) is 19.5. The Bertz CT molecular complexity index is 1140. The molecule has 0 aromatic heterocycles. The van der Waals surface area contributed by atoms with Crippen molar-refractivity contribution >= 4 is 23.3 Å². The predicted molar refractivity (Wildman–Crippen MR) is 116 cm³/mol. The topological polar surface area (TPSA) is 74.3 Å². The summed E-state index contributed by atoms with van der Waals surface area (Å²) < 4.78 is 22.3. The van der Waals surface area contributed by atoms with Crippen LogP contribution in [0.1, 0.15) is 15.9 Å². The monoisotopic (exact) mass is 433 g/mol. The van der Waals surface area contributed by atoms with Crippen molar-refractivity contribution in [2.24, 2.45) is 11.8 Å². The number of nitrogens with zero attached hydrogens (tertiary/aromatic N) is 1. The van der Waals surface area contributed by atoms with Crippen LogP contribution < -0.4 is 14.4 Å². The first-order chi connectivity index (χ1) is 15.6. The van der Waals surface area contributed by atoms with Gasteiger partial charge in [0.2, 0.25) is 6.29 Å². The van der Waals surface area contributed by atoms with Crippen molar-refractivity contribution in [3.8, 4) is 11.5 Å². The molecule has 0 saturated carbocycles. The molecule has 3 fully saturated rings. The molecule has 0 N–H and O–H groups in total. The lowest BCUT2D eigenvalue weighted by Gasteiger charge is -2.35. The Morgan fingerprint density at radius 2 is 1.91 bits per heavy atom. The predicted octanol–water partition coefficient (Wildman–Crippen LogP) is 2.73. The second-order valence-electron chi connectivity index (χ2n) is 8.54. The van der Waals surface area contributed by atoms with Crippen molar-refractivity contribution in [2.75, 3.05) is 25.7 Å². The van der Waals surface area contributed by atoms with Gasteiger partial charge in [0.25, 0.3) is 0 Å². The number of para-hydroxylation sites is 1. The summed E-state index contributed by atoms with van der Waals surface area (Å²) in [6, 6.07) is 12.4. The number of rotatable bonds is 4. The molecular weight excluding hydrogens is 410 g/mol. The number of carbonyl (C=O) groups excluding carboxylic acids is 2. The Labute approximate surface area is 185 Å². The van der Waals surface area contributed by atoms with Gasteiger partial charge in [0.05, 0.1) is 44.9 Å². The zero-order valence-corrected chi connectivity index (χ0v) is 17.8. The maximum absolute atomic E-state index is 14.0. The highest BCUT2D eigenvalue weighted by molar-refractivity contribution is 6.05. The quantitative estimate of drug-likeness (QED) is 0.687. The first-order valence-corrected chi connectivity index (χ1v) is 10.7. The average molecular weight is 433 g/mol. The van der Waals surface area contributed by atoms with Crippen LogP contribution in [-0.2, 0) is 14.3 Å². The molecule has 4 aliphatic heterocycles. The number of ketones is 2. The fourth-order valence-corrected chi connectivity index (χ4v) is 5.74. The zero-order chi connectivity index (χ0) is 22.0. The molecule has 0 amide bonds. The van der Waals surface area contributed by atoms with E-state index in [1.807, 2.05) is 36.4 Å². The second kappa shape index (κ2) is 7.18. The molecule has 4 heterocycles. The standard InChI is InChI=1S/C25H23NO6/c1-29-17-10-8-14(11-18(17)30-2)23(27)22-21-19-12-31-25(32-19)24(28)20(21)16-9-7-13-5-3-4-6-15(13)26(16)22/h3-11,16,19-22,25H,12H2,1-2H3/t16-,19?,20-,21-,22?,25+/m1/s1. The number of fused-ring (bicyclic) bond motifs is 8. The summed E-state index contributed by atoms with van der Waals surface area (Å²) in [7, 11) is 3.10. The molecule has 2 unspecified atom stereocenters. The number of ether oxygens (including phenoxy) is 4. The largest absolute Gasteiger partial charge is 0.493 e. The van der Waals surface area contributed by atoms with Gasteiger partial charge < -0.3 is 23.8 Å². The van der Waals surface area contributed by atoms with Crippen molar-refractivity contribution in [3.05, 3.63) is 59.7 Å². The van der Waals surface area contributed by atoms with E-state index in [-0.39, 0.29) is 35.5 Å². The molecule has 32 heavy (non-hydrogen) atoms. The van der Waals surface area contributed by atoms with Crippen molar-refractivity contribution < 1.29 is 28.5 Å². The lowest BCUT2D eigenvalue weighted by Crippen LogP contribution is -2.48. The summed E-state index contributed by atoms with van der Waals surface area (Å²) in [5, 5.41) is 0. The molecule has 0 spiro atoms. The van der Waals surface area contributed by atoms with E-state index in [0.717, 1.165) is 11.3 Å². The smallest absolute Gasteiger partial charge is 0.218 e. The minimum absolute atomic E-state index is 0.0738. The van der Waals surface area contributed by atoms with Gasteiger partial charge in [0.15, 0.2) is 23.1 Å². The normalized spacial score (nSPS) is 31.7. The number of Topliss-reactive ketones (excluding diaryl/α,β-unsaturated/α-hetero) is 2. The third-order valence-electron chi connectivity index (χ3n) is 7.09. The highest BCUT2D eigenvalue weighted by Gasteiger charge is 2.63. The fourth-order valence-electron chi connectivity index (χ4n) is 5.74. The maximum Gasteiger partial charge on any atom is 0.218 e. The van der Waals surface area contributed by atoms with Gasteiger partial charge in [-0.15, -0.1) is 0 Å². The average Bonchev–Trinajstić information content (AvgIpc) is 3.43. The summed E-state index contributed by atoms with van der Waals surface area (Å²) in [4.78, 5) is 29.4. The molecule has 3 saturated heterocycles. The summed E-state index contributed by atoms with van der Waals surface area (Å²) in [5.74, 6) is 0.229. The second-order valence-corrected chi connectivity index (χ2v) is 8.54. The summed E-state index contributed by atoms with van der Waals surface area (Å²) in [6.45, 7) is 0.319. The van der Waals surface area contributed by atoms with Gasteiger partial charge in [-0.1, -0.05) is 30.4 Å². The molecule has 7 heteroatoms. The van der Waals surface area contributed by atoms with Crippen molar-refractivity contribution in [1.82, 2.24) is 0 Å². The highest BCUT2D eigenvalue weighted by atomic mass is 16.7. The van der Waals surface area contributed by atoms with Crippen LogP contribution in [-0.4, -0.2) is 56.9 Å². The van der Waals surface area contributed by atoms with Gasteiger partial charge in [-0.3, -0.25) is 9.59 Å². The minimum atomic E-state index is -0.830. The van der Waals surface area contributed by atoms with E-state index in [1.54, 1.807) is 32.4 Å². The number of hydrogen-bond donors (Lipinski definition) is 0. The fraction of sp³-hybridized carbons (Fsp3) is 0.360. The molecule has 2 aromatic rings. The van der Waals surface area contributed by atoms with E-state index in [1.165, 1.54) is 0 Å². The van der Waals surface area contributed by atoms with Crippen molar-refractivity contribution in [1.29, 1.82) is 0 Å². The third kappa shape index (κ3) is 2.61. The van der Waals surface area contributed by atoms with Crippen LogP contribution in [0.4, 0.5) is 5.69 Å².